The van der Waals surface area contributed by atoms with Crippen LogP contribution in [0.2, 0.25) is 0 Å². The topological polar surface area (TPSA) is 162 Å². The Morgan fingerprint density at radius 3 is 2.00 bits per heavy atom. The second-order valence-electron chi connectivity index (χ2n) is 6.34. The van der Waals surface area contributed by atoms with E-state index in [0.717, 1.165) is 19.3 Å². The number of hydrogen-bond acceptors (Lipinski definition) is 8. The summed E-state index contributed by atoms with van der Waals surface area (Å²) < 4.78 is 0. The van der Waals surface area contributed by atoms with Crippen LogP contribution in [0.3, 0.4) is 0 Å². The van der Waals surface area contributed by atoms with Gasteiger partial charge >= 0.3 is 11.4 Å². The molecule has 1 aliphatic heterocycles. The molecule has 1 heterocycles. The summed E-state index contributed by atoms with van der Waals surface area (Å²) in [6, 6.07) is 1.95. The minimum atomic E-state index is -1.21. The second-order valence-corrected chi connectivity index (χ2v) is 6.34. The quantitative estimate of drug-likeness (QED) is 0.391. The van der Waals surface area contributed by atoms with Gasteiger partial charge in [0.2, 0.25) is 0 Å². The first-order valence-corrected chi connectivity index (χ1v) is 8.56. The number of non-ortho nitro benzene ring substituents is 1. The van der Waals surface area contributed by atoms with Crippen LogP contribution in [0.5, 0.6) is 5.75 Å². The number of nitro groups is 3. The zero-order valence-corrected chi connectivity index (χ0v) is 15.8. The van der Waals surface area contributed by atoms with E-state index >= 15 is 0 Å². The van der Waals surface area contributed by atoms with E-state index in [1.54, 1.807) is 0 Å². The predicted octanol–water partition coefficient (Wildman–Crippen LogP) is 3.93. The van der Waals surface area contributed by atoms with Crippen LogP contribution in [-0.4, -0.2) is 32.0 Å². The van der Waals surface area contributed by atoms with Gasteiger partial charge in [-0.05, 0) is 26.2 Å². The van der Waals surface area contributed by atoms with Crippen molar-refractivity contribution in [3.8, 4) is 5.75 Å². The van der Waals surface area contributed by atoms with E-state index in [9.17, 15) is 30.3 Å². The van der Waals surface area contributed by atoms with E-state index in [1.165, 1.54) is 5.57 Å². The van der Waals surface area contributed by atoms with Crippen molar-refractivity contribution in [3.63, 3.8) is 0 Å². The van der Waals surface area contributed by atoms with Crippen molar-refractivity contribution < 1.29 is 19.9 Å². The van der Waals surface area contributed by atoms with Crippen LogP contribution in [0.15, 0.2) is 49.1 Å². The average Bonchev–Trinajstić information content (AvgIpc) is 2.61. The number of phenols is 1. The van der Waals surface area contributed by atoms with Crippen LogP contribution >= 0.6 is 0 Å². The molecule has 0 saturated heterocycles. The van der Waals surface area contributed by atoms with Gasteiger partial charge in [0.05, 0.1) is 26.9 Å². The summed E-state index contributed by atoms with van der Waals surface area (Å²) in [5.41, 5.74) is -1.52. The van der Waals surface area contributed by atoms with Crippen molar-refractivity contribution in [1.29, 1.82) is 0 Å². The second kappa shape index (κ2) is 10.7. The molecule has 1 aromatic rings. The number of hydrogen-bond donors (Lipinski definition) is 2. The maximum Gasteiger partial charge on any atom is 0.324 e. The van der Waals surface area contributed by atoms with Crippen LogP contribution in [0.1, 0.15) is 26.2 Å². The van der Waals surface area contributed by atoms with Gasteiger partial charge in [0, 0.05) is 12.1 Å². The molecule has 0 bridgehead atoms. The molecule has 0 fully saturated rings. The Morgan fingerprint density at radius 2 is 1.59 bits per heavy atom. The summed E-state index contributed by atoms with van der Waals surface area (Å²) in [5, 5.41) is 43.8. The highest BCUT2D eigenvalue weighted by molar-refractivity contribution is 5.64. The molecule has 1 aliphatic rings. The molecule has 0 radical (unpaired) electrons. The highest BCUT2D eigenvalue weighted by Crippen LogP contribution is 2.38. The molecule has 0 aromatic heterocycles. The number of nitrogens with one attached hydrogen (secondary N) is 1. The van der Waals surface area contributed by atoms with Gasteiger partial charge in [-0.2, -0.15) is 0 Å². The molecule has 2 rings (SSSR count). The van der Waals surface area contributed by atoms with Gasteiger partial charge in [0.25, 0.3) is 11.4 Å². The first-order chi connectivity index (χ1) is 13.6. The smallest absolute Gasteiger partial charge is 0.324 e. The van der Waals surface area contributed by atoms with E-state index in [2.05, 4.69) is 31.5 Å². The minimum Gasteiger partial charge on any atom is -0.497 e. The van der Waals surface area contributed by atoms with Crippen molar-refractivity contribution in [1.82, 2.24) is 5.32 Å². The highest BCUT2D eigenvalue weighted by atomic mass is 16.6. The molecule has 0 amide bonds. The van der Waals surface area contributed by atoms with E-state index in [1.807, 2.05) is 12.2 Å². The fourth-order valence-electron chi connectivity index (χ4n) is 2.85. The number of phenolic OH excluding ortho intramolecular Hbond substituents is 1. The SMILES string of the molecule is C=CCC1C=C(C)CC(CC=C)N1.O=[N+]([O-])c1cc([N+](=O)[O-])c(O)c([N+](=O)[O-])c1. The summed E-state index contributed by atoms with van der Waals surface area (Å²) in [6.45, 7) is 9.73. The predicted molar refractivity (Wildman–Crippen MR) is 107 cm³/mol. The molecule has 156 valence electrons. The molecule has 0 saturated carbocycles. The standard InChI is InChI=1S/C12H19N.C6H3N3O7/c1-4-6-11-8-10(3)9-12(13-11)7-5-2;10-6-4(8(13)14)1-3(7(11)12)2-5(6)9(15)16/h4-5,8,11-13H,1-2,6-7,9H2,3H3;1-2,10H. The lowest BCUT2D eigenvalue weighted by Crippen LogP contribution is -2.40. The molecule has 0 spiro atoms. The van der Waals surface area contributed by atoms with Gasteiger partial charge in [-0.25, -0.2) is 0 Å². The van der Waals surface area contributed by atoms with E-state index in [0.29, 0.717) is 24.2 Å². The third-order valence-electron chi connectivity index (χ3n) is 4.03. The summed E-state index contributed by atoms with van der Waals surface area (Å²) in [5.74, 6) is -1.21. The van der Waals surface area contributed by atoms with Crippen molar-refractivity contribution in [2.45, 2.75) is 38.3 Å². The monoisotopic (exact) mass is 406 g/mol. The average molecular weight is 406 g/mol. The number of nitro benzene ring substituents is 3. The first kappa shape index (κ1) is 23.4. The summed E-state index contributed by atoms with van der Waals surface area (Å²) >= 11 is 0. The zero-order chi connectivity index (χ0) is 22.1. The third kappa shape index (κ3) is 6.81. The summed E-state index contributed by atoms with van der Waals surface area (Å²) in [6.07, 6.45) is 9.49. The van der Waals surface area contributed by atoms with Crippen LogP contribution in [-0.2, 0) is 0 Å². The number of benzene rings is 1. The Hall–Kier alpha value is -3.60. The van der Waals surface area contributed by atoms with Crippen molar-refractivity contribution in [3.05, 3.63) is 79.4 Å². The Balaban J connectivity index is 0.000000296. The Morgan fingerprint density at radius 1 is 1.07 bits per heavy atom. The lowest BCUT2D eigenvalue weighted by molar-refractivity contribution is -0.404. The Kier molecular flexibility index (Phi) is 8.62. The summed E-state index contributed by atoms with van der Waals surface area (Å²) in [7, 11) is 0. The van der Waals surface area contributed by atoms with E-state index in [-0.39, 0.29) is 0 Å². The van der Waals surface area contributed by atoms with Gasteiger partial charge < -0.3 is 10.4 Å². The minimum absolute atomic E-state index is 0.447. The van der Waals surface area contributed by atoms with Gasteiger partial charge in [-0.1, -0.05) is 23.8 Å². The number of nitrogens with zero attached hydrogens (tertiary/aromatic N) is 3. The molecular weight excluding hydrogens is 384 g/mol. The van der Waals surface area contributed by atoms with E-state index in [4.69, 9.17) is 5.11 Å². The largest absolute Gasteiger partial charge is 0.497 e. The Labute approximate surface area is 166 Å². The molecule has 29 heavy (non-hydrogen) atoms. The maximum absolute atomic E-state index is 10.4. The first-order valence-electron chi connectivity index (χ1n) is 8.56. The third-order valence-corrected chi connectivity index (χ3v) is 4.03. The van der Waals surface area contributed by atoms with Crippen LogP contribution in [0.25, 0.3) is 0 Å². The van der Waals surface area contributed by atoms with Crippen molar-refractivity contribution >= 4 is 17.1 Å². The van der Waals surface area contributed by atoms with E-state index < -0.39 is 37.6 Å². The maximum atomic E-state index is 10.4. The molecular formula is C18H22N4O7. The molecule has 2 unspecified atom stereocenters. The fraction of sp³-hybridized carbons (Fsp3) is 0.333. The van der Waals surface area contributed by atoms with Crippen molar-refractivity contribution in [2.75, 3.05) is 0 Å². The lowest BCUT2D eigenvalue weighted by Gasteiger charge is -2.28. The van der Waals surface area contributed by atoms with Crippen LogP contribution < -0.4 is 5.32 Å². The van der Waals surface area contributed by atoms with Crippen LogP contribution in [0.4, 0.5) is 17.1 Å². The Bertz CT molecular complexity index is 816. The molecule has 2 N–H and O–H groups in total. The molecule has 0 aliphatic carbocycles. The zero-order valence-electron chi connectivity index (χ0n) is 15.8. The molecule has 11 heteroatoms. The van der Waals surface area contributed by atoms with Crippen LogP contribution in [0, 0.1) is 30.3 Å². The van der Waals surface area contributed by atoms with Gasteiger partial charge in [-0.3, -0.25) is 30.3 Å². The fourth-order valence-corrected chi connectivity index (χ4v) is 2.85. The normalized spacial score (nSPS) is 17.9. The number of aromatic hydroxyl groups is 1. The molecule has 2 atom stereocenters. The molecule has 11 nitrogen and oxygen atoms in total. The summed E-state index contributed by atoms with van der Waals surface area (Å²) in [4.78, 5) is 27.8. The highest BCUT2D eigenvalue weighted by Gasteiger charge is 2.30. The lowest BCUT2D eigenvalue weighted by atomic mass is 9.95. The van der Waals surface area contributed by atoms with Gasteiger partial charge in [0.1, 0.15) is 0 Å². The van der Waals surface area contributed by atoms with Gasteiger partial charge in [0.15, 0.2) is 0 Å². The molecule has 1 aromatic carbocycles. The van der Waals surface area contributed by atoms with Gasteiger partial charge in [-0.15, -0.1) is 13.2 Å². The number of rotatable bonds is 7. The van der Waals surface area contributed by atoms with Crippen molar-refractivity contribution in [2.24, 2.45) is 0 Å².